The summed E-state index contributed by atoms with van der Waals surface area (Å²) in [7, 11) is 0. The lowest BCUT2D eigenvalue weighted by Crippen LogP contribution is -1.99. The van der Waals surface area contributed by atoms with E-state index in [9.17, 15) is 9.65 Å². The van der Waals surface area contributed by atoms with Crippen molar-refractivity contribution in [3.05, 3.63) is 50.6 Å². The van der Waals surface area contributed by atoms with Crippen LogP contribution in [0, 0.1) is 17.1 Å². The van der Waals surface area contributed by atoms with Gasteiger partial charge in [0.25, 0.3) is 0 Å². The lowest BCUT2D eigenvalue weighted by molar-refractivity contribution is 0.626. The van der Waals surface area contributed by atoms with Crippen LogP contribution in [-0.2, 0) is 12.8 Å². The third-order valence-electron chi connectivity index (χ3n) is 3.58. The highest BCUT2D eigenvalue weighted by Crippen LogP contribution is 2.39. The predicted molar refractivity (Wildman–Crippen MR) is 84.3 cm³/mol. The summed E-state index contributed by atoms with van der Waals surface area (Å²) in [5.74, 6) is -0.411. The van der Waals surface area contributed by atoms with Crippen LogP contribution in [0.4, 0.5) is 9.39 Å². The van der Waals surface area contributed by atoms with Crippen LogP contribution in [0.15, 0.2) is 23.2 Å². The monoisotopic (exact) mass is 318 g/mol. The van der Waals surface area contributed by atoms with Gasteiger partial charge in [0, 0.05) is 16.7 Å². The van der Waals surface area contributed by atoms with E-state index >= 15 is 0 Å². The van der Waals surface area contributed by atoms with E-state index < -0.39 is 5.82 Å². The smallest absolute Gasteiger partial charge is 0.134 e. The first-order valence-corrected chi connectivity index (χ1v) is 7.93. The Morgan fingerprint density at radius 3 is 2.90 bits per heavy atom. The van der Waals surface area contributed by atoms with Gasteiger partial charge in [0.2, 0.25) is 0 Å². The van der Waals surface area contributed by atoms with Gasteiger partial charge in [-0.25, -0.2) is 9.38 Å². The van der Waals surface area contributed by atoms with Gasteiger partial charge in [-0.05, 0) is 43.4 Å². The normalized spacial score (nSPS) is 14.1. The van der Waals surface area contributed by atoms with Crippen molar-refractivity contribution < 1.29 is 4.39 Å². The average molecular weight is 319 g/mol. The maximum atomic E-state index is 13.7. The predicted octanol–water partition coefficient (Wildman–Crippen LogP) is 5.04. The SMILES string of the molecule is N#Cc1c(/N=C/c2c(F)cccc2Cl)sc2c1CCCC2. The van der Waals surface area contributed by atoms with Crippen LogP contribution in [0.25, 0.3) is 0 Å². The highest BCUT2D eigenvalue weighted by molar-refractivity contribution is 7.16. The molecule has 2 nitrogen and oxygen atoms in total. The summed E-state index contributed by atoms with van der Waals surface area (Å²) in [6.45, 7) is 0. The molecule has 0 aliphatic heterocycles. The number of aryl methyl sites for hydroxylation is 1. The molecule has 0 saturated carbocycles. The summed E-state index contributed by atoms with van der Waals surface area (Å²) >= 11 is 7.51. The van der Waals surface area contributed by atoms with Gasteiger partial charge >= 0.3 is 0 Å². The fourth-order valence-corrected chi connectivity index (χ4v) is 3.91. The second-order valence-corrected chi connectivity index (χ2v) is 6.39. The van der Waals surface area contributed by atoms with E-state index in [0.717, 1.165) is 31.2 Å². The Hall–Kier alpha value is -1.70. The van der Waals surface area contributed by atoms with E-state index in [0.29, 0.717) is 15.6 Å². The van der Waals surface area contributed by atoms with Crippen molar-refractivity contribution in [1.82, 2.24) is 0 Å². The fourth-order valence-electron chi connectivity index (χ4n) is 2.51. The maximum absolute atomic E-state index is 13.7. The molecule has 0 bridgehead atoms. The third kappa shape index (κ3) is 2.72. The molecule has 1 aliphatic rings. The highest BCUT2D eigenvalue weighted by atomic mass is 35.5. The van der Waals surface area contributed by atoms with Gasteiger partial charge in [-0.2, -0.15) is 5.26 Å². The first-order chi connectivity index (χ1) is 10.2. The van der Waals surface area contributed by atoms with E-state index in [1.165, 1.54) is 28.5 Å². The van der Waals surface area contributed by atoms with Gasteiger partial charge in [0.15, 0.2) is 0 Å². The number of nitriles is 1. The number of hydrogen-bond acceptors (Lipinski definition) is 3. The zero-order valence-corrected chi connectivity index (χ0v) is 12.8. The number of aliphatic imine (C=N–C) groups is 1. The minimum atomic E-state index is -0.411. The van der Waals surface area contributed by atoms with Crippen LogP contribution >= 0.6 is 22.9 Å². The molecule has 3 rings (SSSR count). The van der Waals surface area contributed by atoms with Crippen molar-refractivity contribution in [2.45, 2.75) is 25.7 Å². The summed E-state index contributed by atoms with van der Waals surface area (Å²) < 4.78 is 13.7. The second kappa shape index (κ2) is 5.97. The zero-order chi connectivity index (χ0) is 14.8. The number of thiophene rings is 1. The standard InChI is InChI=1S/C16H12ClFN2S/c17-13-5-3-6-14(18)12(13)9-20-16-11(8-19)10-4-1-2-7-15(10)21-16/h3,5-6,9H,1-2,4,7H2/b20-9+. The van der Waals surface area contributed by atoms with E-state index in [4.69, 9.17) is 11.6 Å². The largest absolute Gasteiger partial charge is 0.244 e. The van der Waals surface area contributed by atoms with Crippen LogP contribution < -0.4 is 0 Å². The Labute approximate surface area is 131 Å². The quantitative estimate of drug-likeness (QED) is 0.714. The topological polar surface area (TPSA) is 36.1 Å². The Balaban J connectivity index is 2.01. The molecule has 1 heterocycles. The van der Waals surface area contributed by atoms with E-state index in [1.807, 2.05) is 0 Å². The number of rotatable bonds is 2. The van der Waals surface area contributed by atoms with Crippen LogP contribution in [0.1, 0.15) is 34.4 Å². The molecule has 1 aliphatic carbocycles. The summed E-state index contributed by atoms with van der Waals surface area (Å²) in [5.41, 5.74) is 2.02. The minimum Gasteiger partial charge on any atom is -0.244 e. The summed E-state index contributed by atoms with van der Waals surface area (Å²) in [6.07, 6.45) is 5.62. The van der Waals surface area contributed by atoms with Gasteiger partial charge < -0.3 is 0 Å². The lowest BCUT2D eigenvalue weighted by Gasteiger charge is -2.09. The molecule has 1 aromatic heterocycles. The molecule has 0 saturated heterocycles. The molecule has 21 heavy (non-hydrogen) atoms. The molecule has 0 fully saturated rings. The molecule has 2 aromatic rings. The van der Waals surface area contributed by atoms with Crippen molar-refractivity contribution in [3.8, 4) is 6.07 Å². The first-order valence-electron chi connectivity index (χ1n) is 6.73. The molecule has 5 heteroatoms. The Morgan fingerprint density at radius 1 is 1.33 bits per heavy atom. The number of benzene rings is 1. The fraction of sp³-hybridized carbons (Fsp3) is 0.250. The van der Waals surface area contributed by atoms with Crippen LogP contribution in [0.5, 0.6) is 0 Å². The molecule has 106 valence electrons. The molecule has 1 aromatic carbocycles. The van der Waals surface area contributed by atoms with Crippen molar-refractivity contribution in [1.29, 1.82) is 5.26 Å². The molecule has 0 atom stereocenters. The van der Waals surface area contributed by atoms with Crippen molar-refractivity contribution in [2.75, 3.05) is 0 Å². The molecule has 0 N–H and O–H groups in total. The molecule has 0 amide bonds. The van der Waals surface area contributed by atoms with E-state index in [-0.39, 0.29) is 5.56 Å². The lowest BCUT2D eigenvalue weighted by atomic mass is 9.96. The number of hydrogen-bond donors (Lipinski definition) is 0. The molecular weight excluding hydrogens is 307 g/mol. The Kier molecular flexibility index (Phi) is 4.05. The molecule has 0 unspecified atom stereocenters. The number of nitrogens with zero attached hydrogens (tertiary/aromatic N) is 2. The maximum Gasteiger partial charge on any atom is 0.134 e. The van der Waals surface area contributed by atoms with E-state index in [1.54, 1.807) is 12.1 Å². The Morgan fingerprint density at radius 2 is 2.14 bits per heavy atom. The summed E-state index contributed by atoms with van der Waals surface area (Å²) in [4.78, 5) is 5.56. The van der Waals surface area contributed by atoms with Gasteiger partial charge in [-0.3, -0.25) is 0 Å². The van der Waals surface area contributed by atoms with Crippen molar-refractivity contribution in [3.63, 3.8) is 0 Å². The van der Waals surface area contributed by atoms with Crippen LogP contribution in [0.3, 0.4) is 0 Å². The molecular formula is C16H12ClFN2S. The number of halogens is 2. The average Bonchev–Trinajstić information content (AvgIpc) is 2.84. The van der Waals surface area contributed by atoms with Crippen LogP contribution in [-0.4, -0.2) is 6.21 Å². The van der Waals surface area contributed by atoms with Crippen LogP contribution in [0.2, 0.25) is 5.02 Å². The molecule has 0 spiro atoms. The first kappa shape index (κ1) is 14.2. The number of fused-ring (bicyclic) bond motifs is 1. The van der Waals surface area contributed by atoms with Gasteiger partial charge in [-0.1, -0.05) is 17.7 Å². The van der Waals surface area contributed by atoms with Crippen molar-refractivity contribution >= 4 is 34.2 Å². The Bertz CT molecular complexity index is 738. The summed E-state index contributed by atoms with van der Waals surface area (Å²) in [6, 6.07) is 6.76. The minimum absolute atomic E-state index is 0.259. The third-order valence-corrected chi connectivity index (χ3v) is 5.10. The molecule has 0 radical (unpaired) electrons. The second-order valence-electron chi connectivity index (χ2n) is 4.90. The van der Waals surface area contributed by atoms with E-state index in [2.05, 4.69) is 11.1 Å². The van der Waals surface area contributed by atoms with Crippen molar-refractivity contribution in [2.24, 2.45) is 4.99 Å². The zero-order valence-electron chi connectivity index (χ0n) is 11.2. The van der Waals surface area contributed by atoms with Gasteiger partial charge in [0.1, 0.15) is 16.9 Å². The summed E-state index contributed by atoms with van der Waals surface area (Å²) in [5, 5.41) is 10.3. The van der Waals surface area contributed by atoms with Gasteiger partial charge in [0.05, 0.1) is 10.6 Å². The van der Waals surface area contributed by atoms with Gasteiger partial charge in [-0.15, -0.1) is 11.3 Å². The highest BCUT2D eigenvalue weighted by Gasteiger charge is 2.20.